The van der Waals surface area contributed by atoms with E-state index in [-0.39, 0.29) is 16.2 Å². The van der Waals surface area contributed by atoms with Crippen molar-refractivity contribution in [2.24, 2.45) is 0 Å². The van der Waals surface area contributed by atoms with Gasteiger partial charge in [-0.2, -0.15) is 0 Å². The zero-order valence-electron chi connectivity index (χ0n) is 37.3. The maximum absolute atomic E-state index is 7.10. The summed E-state index contributed by atoms with van der Waals surface area (Å²) in [6, 6.07) is 46.7. The number of nitrogens with zero attached hydrogens (tertiary/aromatic N) is 1. The first-order valence-corrected chi connectivity index (χ1v) is 23.2. The number of furan rings is 2. The molecular weight excluding hydrogens is 788 g/mol. The first-order chi connectivity index (χ1) is 30.2. The Bertz CT molecular complexity index is 3520. The SMILES string of the molecule is Cc1cc2c(cc1N1c3sc4ccccc4c3[B]c3c(-c4cc5c(cc4Nc4ccc(C(C)(C)C)cc4)oc4ccccc45)cc4c(oc5ccccc54)c31)C(C)(C)CCC2(C)C. The van der Waals surface area contributed by atoms with Gasteiger partial charge in [0.25, 0.3) is 0 Å². The number of aryl methyl sites for hydroxylation is 1. The second-order valence-electron chi connectivity index (χ2n) is 20.4. The maximum Gasteiger partial charge on any atom is 0.200 e. The van der Waals surface area contributed by atoms with Gasteiger partial charge in [0.05, 0.1) is 22.1 Å². The van der Waals surface area contributed by atoms with Crippen molar-refractivity contribution in [2.45, 2.75) is 84.5 Å². The van der Waals surface area contributed by atoms with Crippen LogP contribution in [-0.2, 0) is 16.2 Å². The van der Waals surface area contributed by atoms with E-state index in [4.69, 9.17) is 8.83 Å². The Kier molecular flexibility index (Phi) is 8.17. The van der Waals surface area contributed by atoms with Crippen molar-refractivity contribution in [3.8, 4) is 11.1 Å². The van der Waals surface area contributed by atoms with Crippen LogP contribution in [0.4, 0.5) is 27.8 Å². The topological polar surface area (TPSA) is 41.5 Å². The number of rotatable bonds is 4. The van der Waals surface area contributed by atoms with Gasteiger partial charge in [0.1, 0.15) is 16.7 Å². The molecule has 7 aromatic carbocycles. The van der Waals surface area contributed by atoms with Crippen molar-refractivity contribution in [2.75, 3.05) is 10.2 Å². The summed E-state index contributed by atoms with van der Waals surface area (Å²) in [5, 5.41) is 10.8. The van der Waals surface area contributed by atoms with Gasteiger partial charge in [-0.3, -0.25) is 4.90 Å². The Balaban J connectivity index is 1.19. The number of fused-ring (bicyclic) bond motifs is 12. The largest absolute Gasteiger partial charge is 0.456 e. The highest BCUT2D eigenvalue weighted by molar-refractivity contribution is 7.25. The molecule has 1 aliphatic heterocycles. The van der Waals surface area contributed by atoms with Crippen LogP contribution in [0, 0.1) is 6.92 Å². The van der Waals surface area contributed by atoms with E-state index in [1.165, 1.54) is 54.9 Å². The Labute approximate surface area is 373 Å². The minimum Gasteiger partial charge on any atom is -0.456 e. The smallest absolute Gasteiger partial charge is 0.200 e. The van der Waals surface area contributed by atoms with Crippen LogP contribution in [0.15, 0.2) is 136 Å². The van der Waals surface area contributed by atoms with Gasteiger partial charge in [0.2, 0.25) is 0 Å². The third-order valence-electron chi connectivity index (χ3n) is 14.3. The molecule has 63 heavy (non-hydrogen) atoms. The van der Waals surface area contributed by atoms with Crippen molar-refractivity contribution in [3.63, 3.8) is 0 Å². The fraction of sp³-hybridized carbons (Fsp3) is 0.228. The van der Waals surface area contributed by atoms with E-state index in [2.05, 4.69) is 194 Å². The summed E-state index contributed by atoms with van der Waals surface area (Å²) < 4.78 is 15.0. The monoisotopic (exact) mass is 837 g/mol. The van der Waals surface area contributed by atoms with E-state index in [1.54, 1.807) is 0 Å². The predicted octanol–water partition coefficient (Wildman–Crippen LogP) is 15.5. The number of thiophene rings is 1. The Morgan fingerprint density at radius 1 is 0.619 bits per heavy atom. The standard InChI is InChI=1S/C57H50BN2O2S/c1-32-27-42-43(57(7,8)26-25-56(42,5)6)30-45(32)60-52-50(58-51-37-17-11-14-20-49(37)63-54(51)60)40(29-41-36-16-10-13-19-47(36)62-53(41)52)38-28-39-35-15-9-12-18-46(35)61-48(39)31-44(38)59-34-23-21-33(22-24-34)55(2,3)4/h9-24,27-31,59H,25-26H2,1-8H3. The molecule has 4 heterocycles. The molecular formula is C57H50BN2O2S. The molecule has 0 saturated carbocycles. The van der Waals surface area contributed by atoms with Gasteiger partial charge >= 0.3 is 0 Å². The Morgan fingerprint density at radius 3 is 1.95 bits per heavy atom. The second-order valence-corrected chi connectivity index (χ2v) is 21.4. The lowest BCUT2D eigenvalue weighted by Gasteiger charge is -2.43. The minimum atomic E-state index is 0.0337. The number of hydrogen-bond donors (Lipinski definition) is 1. The fourth-order valence-electron chi connectivity index (χ4n) is 10.5. The van der Waals surface area contributed by atoms with Crippen LogP contribution in [0.2, 0.25) is 0 Å². The van der Waals surface area contributed by atoms with Crippen LogP contribution in [0.1, 0.15) is 83.6 Å². The van der Waals surface area contributed by atoms with E-state index in [0.717, 1.165) is 83.9 Å². The third kappa shape index (κ3) is 5.87. The molecule has 1 aliphatic carbocycles. The molecule has 10 aromatic rings. The summed E-state index contributed by atoms with van der Waals surface area (Å²) in [6.45, 7) is 18.8. The van der Waals surface area contributed by atoms with Crippen LogP contribution in [0.5, 0.6) is 0 Å². The van der Waals surface area contributed by atoms with Gasteiger partial charge in [0, 0.05) is 43.6 Å². The second kappa shape index (κ2) is 13.4. The van der Waals surface area contributed by atoms with Gasteiger partial charge < -0.3 is 14.2 Å². The molecule has 0 unspecified atom stereocenters. The summed E-state index contributed by atoms with van der Waals surface area (Å²) in [5.41, 5.74) is 18.0. The summed E-state index contributed by atoms with van der Waals surface area (Å²) in [6.07, 6.45) is 2.32. The van der Waals surface area contributed by atoms with Crippen molar-refractivity contribution in [1.82, 2.24) is 0 Å². The molecule has 0 saturated heterocycles. The molecule has 0 amide bonds. The molecule has 0 bridgehead atoms. The summed E-state index contributed by atoms with van der Waals surface area (Å²) >= 11 is 1.87. The van der Waals surface area contributed by atoms with E-state index >= 15 is 0 Å². The highest BCUT2D eigenvalue weighted by Gasteiger charge is 2.40. The number of nitrogens with one attached hydrogen (secondary N) is 1. The molecule has 4 nitrogen and oxygen atoms in total. The zero-order valence-corrected chi connectivity index (χ0v) is 38.1. The van der Waals surface area contributed by atoms with Gasteiger partial charge in [-0.1, -0.05) is 121 Å². The lowest BCUT2D eigenvalue weighted by molar-refractivity contribution is 0.332. The van der Waals surface area contributed by atoms with Crippen LogP contribution in [0.25, 0.3) is 65.1 Å². The van der Waals surface area contributed by atoms with Crippen LogP contribution < -0.4 is 21.1 Å². The van der Waals surface area contributed by atoms with Gasteiger partial charge in [-0.15, -0.1) is 11.3 Å². The molecule has 3 aromatic heterocycles. The number of anilines is 5. The first-order valence-electron chi connectivity index (χ1n) is 22.4. The lowest BCUT2D eigenvalue weighted by atomic mass is 9.58. The van der Waals surface area contributed by atoms with Crippen molar-refractivity contribution in [3.05, 3.63) is 150 Å². The van der Waals surface area contributed by atoms with E-state index in [1.807, 2.05) is 17.4 Å². The highest BCUT2D eigenvalue weighted by atomic mass is 32.1. The summed E-state index contributed by atoms with van der Waals surface area (Å²) in [5.74, 6) is 0. The van der Waals surface area contributed by atoms with E-state index in [0.29, 0.717) is 0 Å². The Morgan fingerprint density at radius 2 is 1.24 bits per heavy atom. The quantitative estimate of drug-likeness (QED) is 0.179. The maximum atomic E-state index is 7.10. The molecule has 1 N–H and O–H groups in total. The first kappa shape index (κ1) is 38.4. The van der Waals surface area contributed by atoms with Crippen LogP contribution >= 0.6 is 11.3 Å². The minimum absolute atomic E-state index is 0.0337. The average Bonchev–Trinajstić information content (AvgIpc) is 3.95. The molecule has 1 radical (unpaired) electrons. The van der Waals surface area contributed by atoms with Crippen LogP contribution in [-0.4, -0.2) is 7.28 Å². The summed E-state index contributed by atoms with van der Waals surface area (Å²) in [7, 11) is 2.45. The fourth-order valence-corrected chi connectivity index (χ4v) is 11.7. The molecule has 0 spiro atoms. The van der Waals surface area contributed by atoms with Crippen molar-refractivity contribution >= 4 is 111 Å². The molecule has 0 fully saturated rings. The summed E-state index contributed by atoms with van der Waals surface area (Å²) in [4.78, 5) is 2.57. The lowest BCUT2D eigenvalue weighted by Crippen LogP contribution is -2.40. The van der Waals surface area contributed by atoms with E-state index < -0.39 is 0 Å². The molecule has 2 aliphatic rings. The highest BCUT2D eigenvalue weighted by Crippen LogP contribution is 2.53. The average molecular weight is 838 g/mol. The molecule has 12 rings (SSSR count). The van der Waals surface area contributed by atoms with Crippen LogP contribution in [0.3, 0.4) is 0 Å². The molecule has 309 valence electrons. The van der Waals surface area contributed by atoms with Gasteiger partial charge in [0.15, 0.2) is 12.9 Å². The predicted molar refractivity (Wildman–Crippen MR) is 270 cm³/mol. The number of benzene rings is 7. The van der Waals surface area contributed by atoms with Gasteiger partial charge in [-0.25, -0.2) is 0 Å². The molecule has 6 heteroatoms. The van der Waals surface area contributed by atoms with Crippen molar-refractivity contribution < 1.29 is 8.83 Å². The number of hydrogen-bond acceptors (Lipinski definition) is 5. The van der Waals surface area contributed by atoms with E-state index in [9.17, 15) is 0 Å². The molecule has 0 atom stereocenters. The third-order valence-corrected chi connectivity index (χ3v) is 15.4. The van der Waals surface area contributed by atoms with Crippen molar-refractivity contribution in [1.29, 1.82) is 0 Å². The number of para-hydroxylation sites is 2. The normalized spacial score (nSPS) is 15.5. The van der Waals surface area contributed by atoms with Gasteiger partial charge in [-0.05, 0) is 129 Å². The zero-order chi connectivity index (χ0) is 43.2. The Hall–Kier alpha value is -6.24.